The van der Waals surface area contributed by atoms with Crippen LogP contribution in [0.15, 0.2) is 30.8 Å². The van der Waals surface area contributed by atoms with Crippen molar-refractivity contribution in [3.8, 4) is 5.75 Å². The monoisotopic (exact) mass is 221 g/mol. The van der Waals surface area contributed by atoms with Gasteiger partial charge in [0.05, 0.1) is 6.97 Å². The van der Waals surface area contributed by atoms with Crippen molar-refractivity contribution in [2.24, 2.45) is 0 Å². The standard InChI is InChI=1S/C14H20O2/c1-6-12-7-9-13(10-8-12)15-11(2)16-14(3,4)5/h6-11H,1H2,2-5H3/i1D/b6-1+. The van der Waals surface area contributed by atoms with Crippen LogP contribution in [0.4, 0.5) is 0 Å². The Morgan fingerprint density at radius 1 is 1.31 bits per heavy atom. The van der Waals surface area contributed by atoms with Crippen molar-refractivity contribution in [2.75, 3.05) is 0 Å². The van der Waals surface area contributed by atoms with Gasteiger partial charge in [-0.1, -0.05) is 24.8 Å². The van der Waals surface area contributed by atoms with E-state index >= 15 is 0 Å². The lowest BCUT2D eigenvalue weighted by molar-refractivity contribution is -0.140. The Hall–Kier alpha value is -1.28. The highest BCUT2D eigenvalue weighted by molar-refractivity contribution is 5.48. The first kappa shape index (κ1) is 11.2. The lowest BCUT2D eigenvalue weighted by atomic mass is 10.2. The van der Waals surface area contributed by atoms with Crippen LogP contribution < -0.4 is 4.74 Å². The van der Waals surface area contributed by atoms with Crippen molar-refractivity contribution in [3.05, 3.63) is 36.4 Å². The summed E-state index contributed by atoms with van der Waals surface area (Å²) >= 11 is 0. The third-order valence-electron chi connectivity index (χ3n) is 1.89. The van der Waals surface area contributed by atoms with E-state index in [2.05, 4.69) is 0 Å². The fourth-order valence-electron chi connectivity index (χ4n) is 1.37. The predicted molar refractivity (Wildman–Crippen MR) is 67.5 cm³/mol. The summed E-state index contributed by atoms with van der Waals surface area (Å²) in [5.74, 6) is 0.767. The average molecular weight is 221 g/mol. The Morgan fingerprint density at radius 3 is 2.44 bits per heavy atom. The zero-order valence-electron chi connectivity index (χ0n) is 11.4. The molecule has 1 rings (SSSR count). The molecule has 0 aliphatic heterocycles. The maximum absolute atomic E-state index is 6.97. The summed E-state index contributed by atoms with van der Waals surface area (Å²) in [4.78, 5) is 0. The van der Waals surface area contributed by atoms with E-state index in [4.69, 9.17) is 10.8 Å². The van der Waals surface area contributed by atoms with Crippen LogP contribution >= 0.6 is 0 Å². The van der Waals surface area contributed by atoms with Crippen molar-refractivity contribution in [1.82, 2.24) is 0 Å². The van der Waals surface area contributed by atoms with Crippen LogP contribution in [0.5, 0.6) is 5.75 Å². The van der Waals surface area contributed by atoms with Gasteiger partial charge in [0, 0.05) is 0 Å². The molecule has 0 aromatic heterocycles. The molecular weight excluding hydrogens is 200 g/mol. The molecular formula is C14H20O2. The van der Waals surface area contributed by atoms with Gasteiger partial charge in [-0.25, -0.2) is 0 Å². The van der Waals surface area contributed by atoms with Gasteiger partial charge in [0.15, 0.2) is 6.29 Å². The van der Waals surface area contributed by atoms with Crippen molar-refractivity contribution >= 4 is 6.08 Å². The number of rotatable bonds is 4. The minimum atomic E-state index is -0.285. The average Bonchev–Trinajstić information content (AvgIpc) is 2.18. The summed E-state index contributed by atoms with van der Waals surface area (Å²) in [5, 5.41) is 0. The van der Waals surface area contributed by atoms with E-state index in [9.17, 15) is 0 Å². The highest BCUT2D eigenvalue weighted by Gasteiger charge is 2.15. The zero-order valence-corrected chi connectivity index (χ0v) is 10.4. The summed E-state index contributed by atoms with van der Waals surface area (Å²) in [6.45, 7) is 9.13. The van der Waals surface area contributed by atoms with E-state index in [0.717, 1.165) is 11.3 Å². The largest absolute Gasteiger partial charge is 0.465 e. The van der Waals surface area contributed by atoms with E-state index in [1.54, 1.807) is 6.08 Å². The van der Waals surface area contributed by atoms with Crippen LogP contribution in [-0.4, -0.2) is 11.9 Å². The molecule has 0 spiro atoms. The molecule has 1 aromatic carbocycles. The van der Waals surface area contributed by atoms with Crippen molar-refractivity contribution in [2.45, 2.75) is 39.6 Å². The Bertz CT molecular complexity index is 363. The molecule has 0 fully saturated rings. The van der Waals surface area contributed by atoms with Crippen molar-refractivity contribution in [3.63, 3.8) is 0 Å². The minimum Gasteiger partial charge on any atom is -0.465 e. The molecule has 88 valence electrons. The minimum absolute atomic E-state index is 0.215. The van der Waals surface area contributed by atoms with Crippen molar-refractivity contribution < 1.29 is 10.8 Å². The van der Waals surface area contributed by atoms with Gasteiger partial charge < -0.3 is 9.47 Å². The molecule has 2 heteroatoms. The Morgan fingerprint density at radius 2 is 1.94 bits per heavy atom. The number of benzene rings is 1. The summed E-state index contributed by atoms with van der Waals surface area (Å²) < 4.78 is 18.3. The maximum Gasteiger partial charge on any atom is 0.197 e. The van der Waals surface area contributed by atoms with E-state index in [1.807, 2.05) is 52.0 Å². The quantitative estimate of drug-likeness (QED) is 0.718. The molecule has 0 bridgehead atoms. The first-order valence-corrected chi connectivity index (χ1v) is 5.40. The number of hydrogen-bond donors (Lipinski definition) is 0. The van der Waals surface area contributed by atoms with Crippen molar-refractivity contribution in [1.29, 1.82) is 0 Å². The fraction of sp³-hybridized carbons (Fsp3) is 0.429. The first-order valence-electron chi connectivity index (χ1n) is 5.98. The van der Waals surface area contributed by atoms with E-state index in [0.29, 0.717) is 0 Å². The molecule has 1 atom stereocenters. The molecule has 0 saturated carbocycles. The first-order chi connectivity index (χ1) is 7.90. The van der Waals surface area contributed by atoms with Crippen LogP contribution in [0.1, 0.15) is 34.6 Å². The van der Waals surface area contributed by atoms with E-state index in [1.165, 1.54) is 6.55 Å². The lowest BCUT2D eigenvalue weighted by Crippen LogP contribution is -2.29. The number of ether oxygens (including phenoxy) is 2. The molecule has 0 aliphatic carbocycles. The molecule has 0 saturated heterocycles. The summed E-state index contributed by atoms with van der Waals surface area (Å²) in [5.41, 5.74) is 0.768. The second-order valence-electron chi connectivity index (χ2n) is 4.65. The fourth-order valence-corrected chi connectivity index (χ4v) is 1.37. The van der Waals surface area contributed by atoms with Gasteiger partial charge in [-0.2, -0.15) is 0 Å². The Balaban J connectivity index is 2.57. The second-order valence-corrected chi connectivity index (χ2v) is 4.65. The third kappa shape index (κ3) is 4.49. The highest BCUT2D eigenvalue weighted by Crippen LogP contribution is 2.17. The SMILES string of the molecule is [2H]/C=C/c1ccc(OC(C)OC(C)(C)C)cc1. The molecule has 2 nitrogen and oxygen atoms in total. The topological polar surface area (TPSA) is 18.5 Å². The molecule has 0 radical (unpaired) electrons. The normalized spacial score (nSPS) is 14.9. The van der Waals surface area contributed by atoms with Crippen LogP contribution in [0.3, 0.4) is 0 Å². The summed E-state index contributed by atoms with van der Waals surface area (Å²) in [7, 11) is 0. The van der Waals surface area contributed by atoms with Gasteiger partial charge in [0.25, 0.3) is 0 Å². The lowest BCUT2D eigenvalue weighted by Gasteiger charge is -2.25. The zero-order chi connectivity index (χ0) is 12.9. The van der Waals surface area contributed by atoms with Gasteiger partial charge in [-0.3, -0.25) is 0 Å². The summed E-state index contributed by atoms with van der Waals surface area (Å²) in [6, 6.07) is 7.56. The Kier molecular flexibility index (Phi) is 3.62. The molecule has 0 heterocycles. The van der Waals surface area contributed by atoms with Crippen LogP contribution in [0.25, 0.3) is 6.08 Å². The van der Waals surface area contributed by atoms with Gasteiger partial charge in [-0.05, 0) is 45.4 Å². The Labute approximate surface area is 99.3 Å². The molecule has 16 heavy (non-hydrogen) atoms. The van der Waals surface area contributed by atoms with Gasteiger partial charge in [-0.15, -0.1) is 0 Å². The van der Waals surface area contributed by atoms with Gasteiger partial charge in [0.2, 0.25) is 0 Å². The molecule has 1 aromatic rings. The van der Waals surface area contributed by atoms with Gasteiger partial charge >= 0.3 is 0 Å². The maximum atomic E-state index is 6.97. The molecule has 0 amide bonds. The van der Waals surface area contributed by atoms with E-state index < -0.39 is 0 Å². The van der Waals surface area contributed by atoms with Crippen LogP contribution in [-0.2, 0) is 4.74 Å². The number of hydrogen-bond acceptors (Lipinski definition) is 2. The molecule has 0 N–H and O–H groups in total. The van der Waals surface area contributed by atoms with Crippen LogP contribution in [0.2, 0.25) is 0 Å². The molecule has 1 unspecified atom stereocenters. The van der Waals surface area contributed by atoms with Gasteiger partial charge in [0.1, 0.15) is 5.75 Å². The second kappa shape index (κ2) is 5.17. The van der Waals surface area contributed by atoms with E-state index in [-0.39, 0.29) is 11.9 Å². The molecule has 0 aliphatic rings. The highest BCUT2D eigenvalue weighted by atomic mass is 16.7. The summed E-state index contributed by atoms with van der Waals surface area (Å²) in [6.07, 6.45) is 1.44. The third-order valence-corrected chi connectivity index (χ3v) is 1.89. The smallest absolute Gasteiger partial charge is 0.197 e. The van der Waals surface area contributed by atoms with Crippen LogP contribution in [0, 0.1) is 0 Å². The predicted octanol–water partition coefficient (Wildman–Crippen LogP) is 3.87.